The zero-order valence-corrected chi connectivity index (χ0v) is 18.4. The minimum absolute atomic E-state index is 0. The maximum Gasteiger partial charge on any atom is 2.00 e. The van der Waals surface area contributed by atoms with Crippen LogP contribution in [0.15, 0.2) is 60.7 Å². The molecule has 0 aliphatic carbocycles. The zero-order valence-electron chi connectivity index (χ0n) is 15.6. The van der Waals surface area contributed by atoms with Gasteiger partial charge < -0.3 is 24.9 Å². The predicted octanol–water partition coefficient (Wildman–Crippen LogP) is 2.98. The number of hydrogen-bond acceptors (Lipinski definition) is 2. The fourth-order valence-electron chi connectivity index (χ4n) is 1.88. The summed E-state index contributed by atoms with van der Waals surface area (Å²) in [7, 11) is -1.67. The van der Waals surface area contributed by atoms with E-state index in [0.717, 1.165) is 6.82 Å². The fraction of sp³-hybridized carbons (Fsp3) is 0.158. The maximum atomic E-state index is 8.97. The molecule has 0 saturated carbocycles. The molecule has 0 unspecified atom stereocenters. The molecule has 2 nitrogen and oxygen atoms in total. The van der Waals surface area contributed by atoms with Gasteiger partial charge in [0, 0.05) is 0 Å². The van der Waals surface area contributed by atoms with Gasteiger partial charge in [-0.05, 0) is 33.7 Å². The van der Waals surface area contributed by atoms with Crippen LogP contribution in [0.2, 0.25) is 6.82 Å². The molecule has 0 amide bonds. The topological polar surface area (TPSA) is 46.1 Å². The van der Waals surface area contributed by atoms with Crippen LogP contribution in [0.5, 0.6) is 0 Å². The van der Waals surface area contributed by atoms with Crippen LogP contribution < -0.4 is 10.0 Å². The maximum absolute atomic E-state index is 8.97. The quantitative estimate of drug-likeness (QED) is 0.357. The molecule has 0 spiro atoms. The first-order valence-corrected chi connectivity index (χ1v) is 6.86. The van der Waals surface area contributed by atoms with Crippen LogP contribution in [0.4, 0.5) is 0 Å². The van der Waals surface area contributed by atoms with Gasteiger partial charge in [-0.25, -0.2) is 0 Å². The van der Waals surface area contributed by atoms with E-state index in [4.69, 9.17) is 10.0 Å². The number of rotatable bonds is 0. The second-order valence-corrected chi connectivity index (χ2v) is 4.11. The molecule has 0 bridgehead atoms. The molecule has 0 aliphatic heterocycles. The Morgan fingerprint density at radius 3 is 0.958 bits per heavy atom. The van der Waals surface area contributed by atoms with Gasteiger partial charge in [0.25, 0.3) is 0 Å². The average Bonchev–Trinajstić information content (AvgIpc) is 2.46. The van der Waals surface area contributed by atoms with Crippen LogP contribution in [0, 0.1) is 14.9 Å². The molecule has 3 rings (SSSR count). The van der Waals surface area contributed by atoms with E-state index in [1.807, 2.05) is 13.8 Å². The van der Waals surface area contributed by atoms with E-state index >= 15 is 0 Å². The summed E-state index contributed by atoms with van der Waals surface area (Å²) in [4.78, 5) is 0. The van der Waals surface area contributed by atoms with Gasteiger partial charge in [0.2, 0.25) is 0 Å². The number of fused-ring (bicyclic) bond motifs is 2. The van der Waals surface area contributed by atoms with Crippen molar-refractivity contribution in [2.45, 2.75) is 20.7 Å². The largest absolute Gasteiger partial charge is 2.00 e. The molecule has 120 valence electrons. The van der Waals surface area contributed by atoms with Crippen molar-refractivity contribution < 1.29 is 10.0 Å². The molecule has 0 fully saturated rings. The van der Waals surface area contributed by atoms with Crippen molar-refractivity contribution in [1.82, 2.24) is 0 Å². The molecular formula is C19H25BMg2O2. The smallest absolute Gasteiger partial charge is 0.893 e. The predicted molar refractivity (Wildman–Crippen MR) is 109 cm³/mol. The summed E-state index contributed by atoms with van der Waals surface area (Å²) in [6.45, 7) is 5.06. The normalized spacial score (nSPS) is 7.71. The van der Waals surface area contributed by atoms with Crippen LogP contribution in [0.25, 0.3) is 21.5 Å². The third-order valence-corrected chi connectivity index (χ3v) is 2.61. The summed E-state index contributed by atoms with van der Waals surface area (Å²) in [6.07, 6.45) is 0. The molecule has 3 aromatic rings. The molecule has 0 radical (unpaired) electrons. The Labute approximate surface area is 180 Å². The van der Waals surface area contributed by atoms with E-state index in [-0.39, 0.29) is 61.0 Å². The van der Waals surface area contributed by atoms with Gasteiger partial charge in [0.05, 0.1) is 0 Å². The Morgan fingerprint density at radius 2 is 0.792 bits per heavy atom. The SMILES string of the molecule is CB([O-])[O-].CC.[CH3-].[CH3-].[Mg+2].[Mg+2].c1ccc2cc3ccccc3cc2c1. The van der Waals surface area contributed by atoms with Crippen molar-refractivity contribution in [3.05, 3.63) is 75.5 Å². The first-order valence-electron chi connectivity index (χ1n) is 6.86. The molecule has 0 saturated heterocycles. The van der Waals surface area contributed by atoms with E-state index in [0.29, 0.717) is 0 Å². The van der Waals surface area contributed by atoms with E-state index in [1.54, 1.807) is 0 Å². The summed E-state index contributed by atoms with van der Waals surface area (Å²) in [5, 5.41) is 23.2. The molecule has 0 N–H and O–H groups in total. The van der Waals surface area contributed by atoms with Gasteiger partial charge >= 0.3 is 46.1 Å². The van der Waals surface area contributed by atoms with Crippen molar-refractivity contribution in [3.63, 3.8) is 0 Å². The molecule has 0 heterocycles. The zero-order chi connectivity index (χ0) is 15.0. The Kier molecular flexibility index (Phi) is 23.0. The van der Waals surface area contributed by atoms with E-state index in [1.165, 1.54) is 21.5 Å². The Bertz CT molecular complexity index is 553. The van der Waals surface area contributed by atoms with Crippen molar-refractivity contribution in [3.8, 4) is 0 Å². The minimum Gasteiger partial charge on any atom is -0.893 e. The fourth-order valence-corrected chi connectivity index (χ4v) is 1.88. The summed E-state index contributed by atoms with van der Waals surface area (Å²) in [6, 6.07) is 21.4. The third-order valence-electron chi connectivity index (χ3n) is 2.61. The van der Waals surface area contributed by atoms with E-state index in [9.17, 15) is 0 Å². The molecule has 0 atom stereocenters. The molecule has 3 aromatic carbocycles. The first kappa shape index (κ1) is 31.5. The number of benzene rings is 3. The van der Waals surface area contributed by atoms with Crippen molar-refractivity contribution in [2.75, 3.05) is 0 Å². The Balaban J connectivity index is -0.000000180. The molecule has 24 heavy (non-hydrogen) atoms. The molecular weight excluding hydrogens is 320 g/mol. The van der Waals surface area contributed by atoms with Gasteiger partial charge in [-0.1, -0.05) is 62.4 Å². The van der Waals surface area contributed by atoms with Gasteiger partial charge in [-0.3, -0.25) is 0 Å². The second kappa shape index (κ2) is 17.5. The van der Waals surface area contributed by atoms with E-state index in [2.05, 4.69) is 60.7 Å². The third kappa shape index (κ3) is 10.5. The second-order valence-electron chi connectivity index (χ2n) is 4.11. The average molecular weight is 345 g/mol. The van der Waals surface area contributed by atoms with Crippen molar-refractivity contribution >= 4 is 74.8 Å². The van der Waals surface area contributed by atoms with Crippen LogP contribution in [-0.4, -0.2) is 53.2 Å². The van der Waals surface area contributed by atoms with Crippen LogP contribution in [-0.2, 0) is 0 Å². The summed E-state index contributed by atoms with van der Waals surface area (Å²) >= 11 is 0. The minimum atomic E-state index is -1.67. The summed E-state index contributed by atoms with van der Waals surface area (Å²) in [5.41, 5.74) is 0. The molecule has 5 heteroatoms. The standard InChI is InChI=1S/C14H10.C2H6.CH3BO2.2CH3.2Mg/c1-2-6-12-10-14-8-4-3-7-13(14)9-11(12)5-1;1-2;1-2(3)4;;;;/h1-10H;1-2H3;1H3;2*1H3;;/q;;-2;2*-1;2*+2. The Morgan fingerprint density at radius 1 is 0.625 bits per heavy atom. The molecule has 0 aromatic heterocycles. The van der Waals surface area contributed by atoms with Crippen molar-refractivity contribution in [1.29, 1.82) is 0 Å². The van der Waals surface area contributed by atoms with Gasteiger partial charge in [-0.2, -0.15) is 0 Å². The number of hydrogen-bond donors (Lipinski definition) is 0. The van der Waals surface area contributed by atoms with Gasteiger partial charge in [-0.15, -0.1) is 13.9 Å². The van der Waals surface area contributed by atoms with Crippen molar-refractivity contribution in [2.24, 2.45) is 0 Å². The van der Waals surface area contributed by atoms with Crippen LogP contribution in [0.3, 0.4) is 0 Å². The summed E-state index contributed by atoms with van der Waals surface area (Å²) in [5.74, 6) is 0. The van der Waals surface area contributed by atoms with Crippen LogP contribution in [0.1, 0.15) is 13.8 Å². The van der Waals surface area contributed by atoms with Crippen LogP contribution >= 0.6 is 0 Å². The summed E-state index contributed by atoms with van der Waals surface area (Å²) < 4.78 is 0. The monoisotopic (exact) mass is 344 g/mol. The van der Waals surface area contributed by atoms with Gasteiger partial charge in [0.15, 0.2) is 0 Å². The Hall–Kier alpha value is -0.303. The van der Waals surface area contributed by atoms with Gasteiger partial charge in [0.1, 0.15) is 0 Å². The molecule has 0 aliphatic rings. The van der Waals surface area contributed by atoms with E-state index < -0.39 is 7.12 Å². The first-order chi connectivity index (χ1) is 9.66.